The Balaban J connectivity index is 2.25. The van der Waals surface area contributed by atoms with Crippen LogP contribution in [0.2, 0.25) is 0 Å². The summed E-state index contributed by atoms with van der Waals surface area (Å²) in [6.07, 6.45) is -0.921. The van der Waals surface area contributed by atoms with E-state index in [2.05, 4.69) is 0 Å². The maximum Gasteiger partial charge on any atom is 0.352 e. The van der Waals surface area contributed by atoms with Crippen LogP contribution in [0.1, 0.15) is 6.04 Å². The van der Waals surface area contributed by atoms with Gasteiger partial charge in [0.05, 0.1) is 24.9 Å². The van der Waals surface area contributed by atoms with Gasteiger partial charge in [-0.05, 0) is 12.1 Å². The van der Waals surface area contributed by atoms with Gasteiger partial charge in [-0.1, -0.05) is 18.2 Å². The molecule has 2 heterocycles. The van der Waals surface area contributed by atoms with Crippen molar-refractivity contribution < 1.29 is 10.2 Å². The van der Waals surface area contributed by atoms with Gasteiger partial charge in [-0.2, -0.15) is 0 Å². The number of hydrogen-bond donors (Lipinski definition) is 2. The molecule has 0 bridgehead atoms. The first kappa shape index (κ1) is 11.9. The summed E-state index contributed by atoms with van der Waals surface area (Å²) in [6, 6.07) is 7.79. The fraction of sp³-hybridized carbons (Fsp3) is 0.333. The summed E-state index contributed by atoms with van der Waals surface area (Å²) in [5, 5.41) is 19.0. The normalized spacial score (nSPS) is 21.6. The molecule has 0 radical (unpaired) electrons. The average molecular weight is 263 g/mol. The van der Waals surface area contributed by atoms with Gasteiger partial charge in [-0.3, -0.25) is 0 Å². The zero-order chi connectivity index (χ0) is 13.6. The molecule has 1 aliphatic rings. The second-order valence-electron chi connectivity index (χ2n) is 4.48. The lowest BCUT2D eigenvalue weighted by atomic mass is 10.2. The molecule has 3 rings (SSSR count). The van der Waals surface area contributed by atoms with E-state index in [9.17, 15) is 19.8 Å². The molecule has 1 aliphatic heterocycles. The third-order valence-electron chi connectivity index (χ3n) is 3.38. The number of para-hydroxylation sites is 1. The third kappa shape index (κ3) is 1.59. The van der Waals surface area contributed by atoms with Crippen LogP contribution in [0, 0.1) is 0 Å². The van der Waals surface area contributed by atoms with Crippen molar-refractivity contribution in [1.82, 2.24) is 13.9 Å². The molecule has 0 unspecified atom stereocenters. The first-order valence-electron chi connectivity index (χ1n) is 5.94. The third-order valence-corrected chi connectivity index (χ3v) is 3.38. The van der Waals surface area contributed by atoms with Crippen molar-refractivity contribution in [3.05, 3.63) is 51.3 Å². The lowest BCUT2D eigenvalue weighted by Crippen LogP contribution is -2.33. The molecule has 2 atom stereocenters. The quantitative estimate of drug-likeness (QED) is 0.705. The molecule has 0 fully saturated rings. The summed E-state index contributed by atoms with van der Waals surface area (Å²) in [5.74, 6) is 0. The molecule has 0 spiro atoms. The highest BCUT2D eigenvalue weighted by molar-refractivity contribution is 5.30. The monoisotopic (exact) mass is 263 g/mol. The van der Waals surface area contributed by atoms with Crippen LogP contribution in [0.15, 0.2) is 39.9 Å². The van der Waals surface area contributed by atoms with Crippen LogP contribution in [0.3, 0.4) is 0 Å². The predicted molar refractivity (Wildman–Crippen MR) is 66.4 cm³/mol. The van der Waals surface area contributed by atoms with E-state index in [1.807, 2.05) is 0 Å². The maximum absolute atomic E-state index is 12.3. The Morgan fingerprint density at radius 1 is 1.16 bits per heavy atom. The van der Waals surface area contributed by atoms with Crippen molar-refractivity contribution in [1.29, 1.82) is 0 Å². The number of aromatic nitrogens is 3. The number of benzene rings is 1. The Kier molecular flexibility index (Phi) is 2.65. The number of nitrogens with zero attached hydrogens (tertiary/aromatic N) is 3. The molecule has 100 valence electrons. The summed E-state index contributed by atoms with van der Waals surface area (Å²) >= 11 is 0. The van der Waals surface area contributed by atoms with Crippen LogP contribution in [0.4, 0.5) is 0 Å². The Morgan fingerprint density at radius 2 is 1.84 bits per heavy atom. The van der Waals surface area contributed by atoms with Crippen LogP contribution in [-0.2, 0) is 6.54 Å². The highest BCUT2D eigenvalue weighted by atomic mass is 16.3. The largest absolute Gasteiger partial charge is 0.394 e. The van der Waals surface area contributed by atoms with Crippen molar-refractivity contribution in [2.45, 2.75) is 18.7 Å². The van der Waals surface area contributed by atoms with Crippen molar-refractivity contribution >= 4 is 0 Å². The zero-order valence-corrected chi connectivity index (χ0v) is 10.0. The number of fused-ring (bicyclic) bond motifs is 1. The van der Waals surface area contributed by atoms with Gasteiger partial charge in [-0.25, -0.2) is 23.5 Å². The maximum atomic E-state index is 12.3. The molecule has 0 amide bonds. The number of aliphatic hydroxyl groups excluding tert-OH is 2. The second kappa shape index (κ2) is 4.22. The number of aliphatic hydroxyl groups is 2. The molecule has 1 aromatic carbocycles. The average Bonchev–Trinajstić information content (AvgIpc) is 2.87. The van der Waals surface area contributed by atoms with Gasteiger partial charge < -0.3 is 10.2 Å². The van der Waals surface area contributed by atoms with Crippen LogP contribution < -0.4 is 11.4 Å². The standard InChI is InChI=1S/C12H13N3O4/c16-7-9-10(17)6-13-11(18)14(12(19)15(9)13)8-4-2-1-3-5-8/h1-5,9-10,16-17H,6-7H2/t9-,10+/m1/s1. The molecule has 0 aliphatic carbocycles. The van der Waals surface area contributed by atoms with Crippen LogP contribution in [-0.4, -0.2) is 36.9 Å². The van der Waals surface area contributed by atoms with Gasteiger partial charge in [0.25, 0.3) is 0 Å². The van der Waals surface area contributed by atoms with Crippen molar-refractivity contribution in [2.24, 2.45) is 0 Å². The number of rotatable bonds is 2. The van der Waals surface area contributed by atoms with E-state index in [1.54, 1.807) is 30.3 Å². The Labute approximate surface area is 107 Å². The van der Waals surface area contributed by atoms with Gasteiger partial charge in [-0.15, -0.1) is 0 Å². The van der Waals surface area contributed by atoms with Gasteiger partial charge in [0.15, 0.2) is 0 Å². The molecule has 1 aromatic heterocycles. The molecular formula is C12H13N3O4. The Morgan fingerprint density at radius 3 is 2.47 bits per heavy atom. The van der Waals surface area contributed by atoms with Crippen LogP contribution >= 0.6 is 0 Å². The molecule has 2 N–H and O–H groups in total. The van der Waals surface area contributed by atoms with Crippen molar-refractivity contribution in [3.63, 3.8) is 0 Å². The van der Waals surface area contributed by atoms with Crippen molar-refractivity contribution in [2.75, 3.05) is 6.61 Å². The van der Waals surface area contributed by atoms with E-state index >= 15 is 0 Å². The molecule has 7 heteroatoms. The first-order chi connectivity index (χ1) is 9.15. The minimum Gasteiger partial charge on any atom is -0.394 e. The predicted octanol–water partition coefficient (Wildman–Crippen LogP) is -1.29. The molecule has 0 saturated carbocycles. The highest BCUT2D eigenvalue weighted by Gasteiger charge is 2.35. The van der Waals surface area contributed by atoms with Crippen LogP contribution in [0.25, 0.3) is 5.69 Å². The van der Waals surface area contributed by atoms with Gasteiger partial charge >= 0.3 is 11.4 Å². The molecule has 19 heavy (non-hydrogen) atoms. The summed E-state index contributed by atoms with van der Waals surface area (Å²) in [7, 11) is 0. The molecule has 0 saturated heterocycles. The summed E-state index contributed by atoms with van der Waals surface area (Å²) in [5.41, 5.74) is -0.587. The minimum absolute atomic E-state index is 0.0130. The summed E-state index contributed by atoms with van der Waals surface area (Å²) in [6.45, 7) is -0.377. The van der Waals surface area contributed by atoms with E-state index in [0.717, 1.165) is 9.25 Å². The number of hydrogen-bond acceptors (Lipinski definition) is 4. The second-order valence-corrected chi connectivity index (χ2v) is 4.48. The van der Waals surface area contributed by atoms with Crippen molar-refractivity contribution in [3.8, 4) is 5.69 Å². The lowest BCUT2D eigenvalue weighted by Gasteiger charge is -2.10. The van der Waals surface area contributed by atoms with Gasteiger partial charge in [0.2, 0.25) is 0 Å². The molecular weight excluding hydrogens is 250 g/mol. The fourth-order valence-electron chi connectivity index (χ4n) is 2.44. The summed E-state index contributed by atoms with van der Waals surface area (Å²) in [4.78, 5) is 24.5. The van der Waals surface area contributed by atoms with E-state index in [0.29, 0.717) is 5.69 Å². The smallest absolute Gasteiger partial charge is 0.352 e. The Hall–Kier alpha value is -2.12. The van der Waals surface area contributed by atoms with E-state index < -0.39 is 23.5 Å². The highest BCUT2D eigenvalue weighted by Crippen LogP contribution is 2.17. The van der Waals surface area contributed by atoms with Gasteiger partial charge in [0, 0.05) is 0 Å². The van der Waals surface area contributed by atoms with E-state index in [1.165, 1.54) is 4.68 Å². The topological polar surface area (TPSA) is 89.4 Å². The first-order valence-corrected chi connectivity index (χ1v) is 5.94. The summed E-state index contributed by atoms with van der Waals surface area (Å²) < 4.78 is 3.33. The van der Waals surface area contributed by atoms with E-state index in [-0.39, 0.29) is 13.2 Å². The SMILES string of the molecule is O=c1n(-c2ccccc2)c(=O)n2n1C[C@H](O)[C@H]2CO. The Bertz CT molecular complexity index is 713. The zero-order valence-electron chi connectivity index (χ0n) is 10.0. The van der Waals surface area contributed by atoms with E-state index in [4.69, 9.17) is 0 Å². The minimum atomic E-state index is -0.921. The fourth-order valence-corrected chi connectivity index (χ4v) is 2.44. The molecule has 2 aromatic rings. The lowest BCUT2D eigenvalue weighted by molar-refractivity contribution is 0.0930. The molecule has 7 nitrogen and oxygen atoms in total. The van der Waals surface area contributed by atoms with Gasteiger partial charge in [0.1, 0.15) is 6.04 Å². The van der Waals surface area contributed by atoms with Crippen LogP contribution in [0.5, 0.6) is 0 Å².